The molecule has 0 spiro atoms. The standard InChI is InChI=1S/C16H18N4O/c1-4-12-9-15(13-7-5-6-8-14(13)18-12)20(3)10-16-17-11(2)21-19-16/h5-9H,4,10H2,1-3H3. The predicted octanol–water partition coefficient (Wildman–Crippen LogP) is 3.13. The molecule has 0 aliphatic rings. The molecule has 0 fully saturated rings. The molecule has 1 aromatic carbocycles. The Morgan fingerprint density at radius 3 is 2.71 bits per heavy atom. The lowest BCUT2D eigenvalue weighted by atomic mass is 10.1. The van der Waals surface area contributed by atoms with E-state index in [1.165, 1.54) is 0 Å². The fraction of sp³-hybridized carbons (Fsp3) is 0.312. The summed E-state index contributed by atoms with van der Waals surface area (Å²) in [6, 6.07) is 10.3. The number of benzene rings is 1. The van der Waals surface area contributed by atoms with Crippen molar-refractivity contribution in [3.8, 4) is 0 Å². The van der Waals surface area contributed by atoms with E-state index in [1.807, 2.05) is 25.2 Å². The molecule has 21 heavy (non-hydrogen) atoms. The maximum absolute atomic E-state index is 5.03. The third kappa shape index (κ3) is 2.72. The van der Waals surface area contributed by atoms with E-state index < -0.39 is 0 Å². The number of rotatable bonds is 4. The van der Waals surface area contributed by atoms with Crippen LogP contribution in [0.3, 0.4) is 0 Å². The number of aromatic nitrogens is 3. The van der Waals surface area contributed by atoms with Crippen molar-refractivity contribution < 1.29 is 4.52 Å². The van der Waals surface area contributed by atoms with Crippen LogP contribution in [0.2, 0.25) is 0 Å². The molecule has 0 atom stereocenters. The van der Waals surface area contributed by atoms with Crippen LogP contribution < -0.4 is 4.90 Å². The van der Waals surface area contributed by atoms with Gasteiger partial charge in [-0.3, -0.25) is 4.98 Å². The van der Waals surface area contributed by atoms with Gasteiger partial charge in [-0.25, -0.2) is 0 Å². The molecule has 108 valence electrons. The minimum Gasteiger partial charge on any atom is -0.366 e. The summed E-state index contributed by atoms with van der Waals surface area (Å²) in [6.07, 6.45) is 0.910. The van der Waals surface area contributed by atoms with Crippen molar-refractivity contribution in [3.05, 3.63) is 47.7 Å². The second-order valence-electron chi connectivity index (χ2n) is 5.09. The maximum Gasteiger partial charge on any atom is 0.223 e. The van der Waals surface area contributed by atoms with Crippen LogP contribution in [0.5, 0.6) is 0 Å². The van der Waals surface area contributed by atoms with Crippen molar-refractivity contribution in [2.75, 3.05) is 11.9 Å². The molecule has 5 heteroatoms. The van der Waals surface area contributed by atoms with E-state index in [2.05, 4.69) is 39.1 Å². The van der Waals surface area contributed by atoms with Crippen LogP contribution in [0.1, 0.15) is 24.3 Å². The average Bonchev–Trinajstić information content (AvgIpc) is 2.91. The fourth-order valence-corrected chi connectivity index (χ4v) is 2.41. The Bertz CT molecular complexity index is 766. The smallest absolute Gasteiger partial charge is 0.223 e. The van der Waals surface area contributed by atoms with E-state index in [1.54, 1.807) is 6.92 Å². The number of anilines is 1. The first-order valence-corrected chi connectivity index (χ1v) is 7.06. The lowest BCUT2D eigenvalue weighted by Gasteiger charge is -2.20. The minimum absolute atomic E-state index is 0.590. The summed E-state index contributed by atoms with van der Waals surface area (Å²) < 4.78 is 5.03. The number of para-hydroxylation sites is 1. The summed E-state index contributed by atoms with van der Waals surface area (Å²) in [4.78, 5) is 11.1. The van der Waals surface area contributed by atoms with Crippen LogP contribution >= 0.6 is 0 Å². The Hall–Kier alpha value is -2.43. The predicted molar refractivity (Wildman–Crippen MR) is 82.3 cm³/mol. The highest BCUT2D eigenvalue weighted by Gasteiger charge is 2.12. The van der Waals surface area contributed by atoms with Gasteiger partial charge in [0.1, 0.15) is 0 Å². The van der Waals surface area contributed by atoms with Gasteiger partial charge < -0.3 is 9.42 Å². The molecule has 0 N–H and O–H groups in total. The summed E-state index contributed by atoms with van der Waals surface area (Å²) in [5.74, 6) is 1.28. The summed E-state index contributed by atoms with van der Waals surface area (Å²) in [7, 11) is 2.03. The van der Waals surface area contributed by atoms with Gasteiger partial charge in [0.15, 0.2) is 5.82 Å². The highest BCUT2D eigenvalue weighted by Crippen LogP contribution is 2.27. The first kappa shape index (κ1) is 13.5. The Morgan fingerprint density at radius 2 is 2.00 bits per heavy atom. The second-order valence-corrected chi connectivity index (χ2v) is 5.09. The normalized spacial score (nSPS) is 11.0. The molecule has 0 aliphatic heterocycles. The lowest BCUT2D eigenvalue weighted by molar-refractivity contribution is 0.387. The van der Waals surface area contributed by atoms with Gasteiger partial charge >= 0.3 is 0 Å². The van der Waals surface area contributed by atoms with Gasteiger partial charge in [0, 0.05) is 30.7 Å². The summed E-state index contributed by atoms with van der Waals surface area (Å²) in [5.41, 5.74) is 3.24. The molecule has 0 radical (unpaired) electrons. The van der Waals surface area contributed by atoms with E-state index in [0.717, 1.165) is 28.7 Å². The van der Waals surface area contributed by atoms with Crippen molar-refractivity contribution in [2.45, 2.75) is 26.8 Å². The zero-order chi connectivity index (χ0) is 14.8. The summed E-state index contributed by atoms with van der Waals surface area (Å²) >= 11 is 0. The third-order valence-corrected chi connectivity index (χ3v) is 3.47. The van der Waals surface area contributed by atoms with Crippen molar-refractivity contribution in [1.29, 1.82) is 0 Å². The van der Waals surface area contributed by atoms with E-state index in [0.29, 0.717) is 18.3 Å². The van der Waals surface area contributed by atoms with Crippen LogP contribution in [0, 0.1) is 6.92 Å². The van der Waals surface area contributed by atoms with Gasteiger partial charge in [0.25, 0.3) is 0 Å². The Kier molecular flexibility index (Phi) is 3.56. The molecule has 0 saturated heterocycles. The number of aryl methyl sites for hydroxylation is 2. The topological polar surface area (TPSA) is 55.1 Å². The zero-order valence-electron chi connectivity index (χ0n) is 12.5. The minimum atomic E-state index is 0.590. The molecule has 2 heterocycles. The van der Waals surface area contributed by atoms with Gasteiger partial charge in [-0.2, -0.15) is 4.98 Å². The first-order valence-electron chi connectivity index (χ1n) is 7.06. The number of fused-ring (bicyclic) bond motifs is 1. The van der Waals surface area contributed by atoms with E-state index in [-0.39, 0.29) is 0 Å². The van der Waals surface area contributed by atoms with Crippen LogP contribution in [-0.4, -0.2) is 22.2 Å². The SMILES string of the molecule is CCc1cc(N(C)Cc2noc(C)n2)c2ccccc2n1. The molecule has 0 aliphatic carbocycles. The van der Waals surface area contributed by atoms with Crippen molar-refractivity contribution in [2.24, 2.45) is 0 Å². The maximum atomic E-state index is 5.03. The van der Waals surface area contributed by atoms with E-state index in [4.69, 9.17) is 4.52 Å². The Morgan fingerprint density at radius 1 is 1.19 bits per heavy atom. The first-order chi connectivity index (χ1) is 10.2. The number of hydrogen-bond acceptors (Lipinski definition) is 5. The molecule has 2 aromatic heterocycles. The Balaban J connectivity index is 2.01. The van der Waals surface area contributed by atoms with Gasteiger partial charge in [0.05, 0.1) is 12.1 Å². The molecule has 3 rings (SSSR count). The number of hydrogen-bond donors (Lipinski definition) is 0. The largest absolute Gasteiger partial charge is 0.366 e. The monoisotopic (exact) mass is 282 g/mol. The molecular weight excluding hydrogens is 264 g/mol. The summed E-state index contributed by atoms with van der Waals surface area (Å²) in [6.45, 7) is 4.52. The lowest BCUT2D eigenvalue weighted by Crippen LogP contribution is -2.18. The molecule has 0 saturated carbocycles. The number of nitrogens with zero attached hydrogens (tertiary/aromatic N) is 4. The fourth-order valence-electron chi connectivity index (χ4n) is 2.41. The van der Waals surface area contributed by atoms with Crippen molar-refractivity contribution in [3.63, 3.8) is 0 Å². The third-order valence-electron chi connectivity index (χ3n) is 3.47. The highest BCUT2D eigenvalue weighted by molar-refractivity contribution is 5.91. The average molecular weight is 282 g/mol. The highest BCUT2D eigenvalue weighted by atomic mass is 16.5. The Labute approximate surface area is 123 Å². The van der Waals surface area contributed by atoms with Crippen LogP contribution in [0.25, 0.3) is 10.9 Å². The molecule has 0 unspecified atom stereocenters. The van der Waals surface area contributed by atoms with Gasteiger partial charge in [-0.1, -0.05) is 30.3 Å². The molecule has 5 nitrogen and oxygen atoms in total. The number of pyridine rings is 1. The van der Waals surface area contributed by atoms with Gasteiger partial charge in [-0.05, 0) is 18.6 Å². The van der Waals surface area contributed by atoms with Crippen molar-refractivity contribution >= 4 is 16.6 Å². The van der Waals surface area contributed by atoms with Crippen LogP contribution in [-0.2, 0) is 13.0 Å². The molecular formula is C16H18N4O. The van der Waals surface area contributed by atoms with Crippen LogP contribution in [0.15, 0.2) is 34.9 Å². The van der Waals surface area contributed by atoms with Crippen LogP contribution in [0.4, 0.5) is 5.69 Å². The van der Waals surface area contributed by atoms with E-state index in [9.17, 15) is 0 Å². The molecule has 0 bridgehead atoms. The molecule has 3 aromatic rings. The zero-order valence-corrected chi connectivity index (χ0v) is 12.5. The van der Waals surface area contributed by atoms with Crippen molar-refractivity contribution in [1.82, 2.24) is 15.1 Å². The second kappa shape index (κ2) is 5.52. The van der Waals surface area contributed by atoms with E-state index >= 15 is 0 Å². The molecule has 0 amide bonds. The van der Waals surface area contributed by atoms with Gasteiger partial charge in [0.2, 0.25) is 5.89 Å². The quantitative estimate of drug-likeness (QED) is 0.736. The summed E-state index contributed by atoms with van der Waals surface area (Å²) in [5, 5.41) is 5.10. The van der Waals surface area contributed by atoms with Gasteiger partial charge in [-0.15, -0.1) is 0 Å².